The highest BCUT2D eigenvalue weighted by atomic mass is 16.5. The molecule has 2 aliphatic heterocycles. The molecule has 4 rings (SSSR count). The fourth-order valence-corrected chi connectivity index (χ4v) is 3.77. The average molecular weight is 368 g/mol. The van der Waals surface area contributed by atoms with Crippen LogP contribution >= 0.6 is 0 Å². The summed E-state index contributed by atoms with van der Waals surface area (Å²) >= 11 is 0. The van der Waals surface area contributed by atoms with Gasteiger partial charge >= 0.3 is 0 Å². The summed E-state index contributed by atoms with van der Waals surface area (Å²) in [7, 11) is 1.70. The quantitative estimate of drug-likeness (QED) is 0.821. The van der Waals surface area contributed by atoms with Gasteiger partial charge in [-0.3, -0.25) is 0 Å². The molecule has 0 unspecified atom stereocenters. The first-order valence-corrected chi connectivity index (χ1v) is 9.81. The van der Waals surface area contributed by atoms with Crippen molar-refractivity contribution in [3.8, 4) is 5.75 Å². The molecule has 0 radical (unpaired) electrons. The molecule has 2 fully saturated rings. The Morgan fingerprint density at radius 1 is 0.889 bits per heavy atom. The van der Waals surface area contributed by atoms with Crippen LogP contribution in [0.4, 0.5) is 17.5 Å². The maximum atomic E-state index is 5.25. The number of piperazine rings is 1. The number of methoxy groups -OCH3 is 1. The molecule has 1 aromatic carbocycles. The standard InChI is InChI=1S/C20H28N6O/c1-16-7-9-26(10-8-16)20-22-19(15-21-23-20)25-13-11-24(12-14-25)17-3-5-18(27-2)6-4-17/h3-6,15-16H,7-14H2,1-2H3. The van der Waals surface area contributed by atoms with Crippen LogP contribution < -0.4 is 19.4 Å². The zero-order valence-corrected chi connectivity index (χ0v) is 16.2. The number of hydrogen-bond donors (Lipinski definition) is 0. The van der Waals surface area contributed by atoms with Gasteiger partial charge in [0.15, 0.2) is 5.82 Å². The second-order valence-corrected chi connectivity index (χ2v) is 7.46. The van der Waals surface area contributed by atoms with E-state index in [1.54, 1.807) is 13.3 Å². The zero-order valence-electron chi connectivity index (χ0n) is 16.2. The normalized spacial score (nSPS) is 18.7. The molecule has 0 spiro atoms. The van der Waals surface area contributed by atoms with Crippen molar-refractivity contribution < 1.29 is 4.74 Å². The predicted octanol–water partition coefficient (Wildman–Crippen LogP) is 2.44. The molecule has 0 atom stereocenters. The van der Waals surface area contributed by atoms with Gasteiger partial charge in [-0.05, 0) is 43.0 Å². The van der Waals surface area contributed by atoms with E-state index in [1.165, 1.54) is 18.5 Å². The van der Waals surface area contributed by atoms with Crippen molar-refractivity contribution >= 4 is 17.5 Å². The number of piperidine rings is 1. The van der Waals surface area contributed by atoms with Crippen molar-refractivity contribution in [3.63, 3.8) is 0 Å². The van der Waals surface area contributed by atoms with Gasteiger partial charge in [-0.15, -0.1) is 5.10 Å². The highest BCUT2D eigenvalue weighted by Gasteiger charge is 2.22. The number of hydrogen-bond acceptors (Lipinski definition) is 7. The van der Waals surface area contributed by atoms with Gasteiger partial charge < -0.3 is 19.4 Å². The molecule has 27 heavy (non-hydrogen) atoms. The summed E-state index contributed by atoms with van der Waals surface area (Å²) in [6.45, 7) is 8.16. The Morgan fingerprint density at radius 3 is 2.22 bits per heavy atom. The summed E-state index contributed by atoms with van der Waals surface area (Å²) in [5.41, 5.74) is 1.24. The lowest BCUT2D eigenvalue weighted by molar-refractivity contribution is 0.415. The largest absolute Gasteiger partial charge is 0.497 e. The molecule has 2 aromatic rings. The molecule has 0 bridgehead atoms. The van der Waals surface area contributed by atoms with Crippen LogP contribution in [-0.2, 0) is 0 Å². The van der Waals surface area contributed by atoms with Crippen LogP contribution in [0.2, 0.25) is 0 Å². The van der Waals surface area contributed by atoms with Crippen LogP contribution in [0.3, 0.4) is 0 Å². The first-order valence-electron chi connectivity index (χ1n) is 9.81. The highest BCUT2D eigenvalue weighted by Crippen LogP contribution is 2.24. The third-order valence-corrected chi connectivity index (χ3v) is 5.64. The number of aromatic nitrogens is 3. The van der Waals surface area contributed by atoms with Gasteiger partial charge in [-0.1, -0.05) is 6.92 Å². The van der Waals surface area contributed by atoms with Gasteiger partial charge in [0.25, 0.3) is 0 Å². The van der Waals surface area contributed by atoms with Crippen molar-refractivity contribution in [2.75, 3.05) is 61.1 Å². The van der Waals surface area contributed by atoms with Crippen LogP contribution in [0.1, 0.15) is 19.8 Å². The van der Waals surface area contributed by atoms with E-state index in [0.717, 1.165) is 62.7 Å². The highest BCUT2D eigenvalue weighted by molar-refractivity contribution is 5.51. The Morgan fingerprint density at radius 2 is 1.56 bits per heavy atom. The third-order valence-electron chi connectivity index (χ3n) is 5.64. The number of nitrogens with zero attached hydrogens (tertiary/aromatic N) is 6. The minimum absolute atomic E-state index is 0.775. The van der Waals surface area contributed by atoms with Gasteiger partial charge in [0.2, 0.25) is 5.95 Å². The lowest BCUT2D eigenvalue weighted by atomic mass is 10.00. The van der Waals surface area contributed by atoms with Crippen molar-refractivity contribution in [1.82, 2.24) is 15.2 Å². The summed E-state index contributed by atoms with van der Waals surface area (Å²) < 4.78 is 5.25. The average Bonchev–Trinajstić information content (AvgIpc) is 2.75. The topological polar surface area (TPSA) is 57.6 Å². The fraction of sp³-hybridized carbons (Fsp3) is 0.550. The Hall–Kier alpha value is -2.57. The Bertz CT molecular complexity index is 736. The maximum absolute atomic E-state index is 5.25. The lowest BCUT2D eigenvalue weighted by Crippen LogP contribution is -2.47. The third kappa shape index (κ3) is 4.07. The zero-order chi connectivity index (χ0) is 18.6. The second-order valence-electron chi connectivity index (χ2n) is 7.46. The minimum Gasteiger partial charge on any atom is -0.497 e. The molecule has 0 N–H and O–H groups in total. The van der Waals surface area contributed by atoms with Gasteiger partial charge in [0.05, 0.1) is 13.3 Å². The number of rotatable bonds is 4. The summed E-state index contributed by atoms with van der Waals surface area (Å²) in [6, 6.07) is 8.27. The summed E-state index contributed by atoms with van der Waals surface area (Å²) in [4.78, 5) is 11.8. The van der Waals surface area contributed by atoms with E-state index >= 15 is 0 Å². The van der Waals surface area contributed by atoms with Crippen LogP contribution in [0.15, 0.2) is 30.5 Å². The Kier molecular flexibility index (Phi) is 5.27. The summed E-state index contributed by atoms with van der Waals surface area (Å²) in [6.07, 6.45) is 4.20. The number of benzene rings is 1. The van der Waals surface area contributed by atoms with E-state index in [0.29, 0.717) is 0 Å². The second kappa shape index (κ2) is 7.98. The molecule has 0 saturated carbocycles. The number of anilines is 3. The van der Waals surface area contributed by atoms with Gasteiger partial charge in [0, 0.05) is 45.0 Å². The van der Waals surface area contributed by atoms with Crippen LogP contribution in [0.5, 0.6) is 5.75 Å². The molecular weight excluding hydrogens is 340 g/mol. The minimum atomic E-state index is 0.775. The van der Waals surface area contributed by atoms with Crippen molar-refractivity contribution in [3.05, 3.63) is 30.5 Å². The van der Waals surface area contributed by atoms with Crippen LogP contribution in [-0.4, -0.2) is 61.6 Å². The molecule has 1 aromatic heterocycles. The summed E-state index contributed by atoms with van der Waals surface area (Å²) in [5.74, 6) is 3.40. The predicted molar refractivity (Wildman–Crippen MR) is 108 cm³/mol. The molecule has 2 aliphatic rings. The molecule has 2 saturated heterocycles. The lowest BCUT2D eigenvalue weighted by Gasteiger charge is -2.37. The molecular formula is C20H28N6O. The first kappa shape index (κ1) is 17.8. The molecule has 0 amide bonds. The maximum Gasteiger partial charge on any atom is 0.247 e. The number of ether oxygens (including phenoxy) is 1. The van der Waals surface area contributed by atoms with E-state index in [2.05, 4.69) is 44.0 Å². The van der Waals surface area contributed by atoms with Gasteiger partial charge in [-0.2, -0.15) is 10.1 Å². The van der Waals surface area contributed by atoms with Gasteiger partial charge in [-0.25, -0.2) is 0 Å². The Labute approximate surface area is 161 Å². The van der Waals surface area contributed by atoms with Gasteiger partial charge in [0.1, 0.15) is 5.75 Å². The van der Waals surface area contributed by atoms with Crippen LogP contribution in [0, 0.1) is 5.92 Å². The van der Waals surface area contributed by atoms with Crippen molar-refractivity contribution in [1.29, 1.82) is 0 Å². The van der Waals surface area contributed by atoms with E-state index in [1.807, 2.05) is 12.1 Å². The van der Waals surface area contributed by atoms with E-state index in [4.69, 9.17) is 9.72 Å². The monoisotopic (exact) mass is 368 g/mol. The summed E-state index contributed by atoms with van der Waals surface area (Å²) in [5, 5.41) is 8.50. The fourth-order valence-electron chi connectivity index (χ4n) is 3.77. The molecule has 7 heteroatoms. The van der Waals surface area contributed by atoms with Crippen molar-refractivity contribution in [2.24, 2.45) is 5.92 Å². The van der Waals surface area contributed by atoms with E-state index in [9.17, 15) is 0 Å². The Balaban J connectivity index is 1.38. The molecule has 0 aliphatic carbocycles. The van der Waals surface area contributed by atoms with E-state index < -0.39 is 0 Å². The first-order chi connectivity index (χ1) is 13.2. The van der Waals surface area contributed by atoms with E-state index in [-0.39, 0.29) is 0 Å². The molecule has 7 nitrogen and oxygen atoms in total. The smallest absolute Gasteiger partial charge is 0.247 e. The SMILES string of the molecule is COc1ccc(N2CCN(c3cnnc(N4CCC(C)CC4)n3)CC2)cc1. The molecule has 144 valence electrons. The van der Waals surface area contributed by atoms with Crippen molar-refractivity contribution in [2.45, 2.75) is 19.8 Å². The molecule has 3 heterocycles. The van der Waals surface area contributed by atoms with Crippen LogP contribution in [0.25, 0.3) is 0 Å².